The van der Waals surface area contributed by atoms with Crippen molar-refractivity contribution < 1.29 is 29.8 Å². The van der Waals surface area contributed by atoms with Gasteiger partial charge in [-0.15, -0.1) is 0 Å². The van der Waals surface area contributed by atoms with Gasteiger partial charge in [-0.05, 0) is 37.6 Å². The summed E-state index contributed by atoms with van der Waals surface area (Å²) in [5, 5.41) is 21.5. The molecule has 2 aromatic carbocycles. The van der Waals surface area contributed by atoms with E-state index in [4.69, 9.17) is 14.6 Å². The van der Waals surface area contributed by atoms with Crippen LogP contribution in [0, 0.1) is 6.92 Å². The van der Waals surface area contributed by atoms with Gasteiger partial charge in [-0.3, -0.25) is 0 Å². The van der Waals surface area contributed by atoms with Crippen LogP contribution in [0.25, 0.3) is 10.9 Å². The second-order valence-electron chi connectivity index (χ2n) is 7.43. The Morgan fingerprint density at radius 1 is 1.19 bits per heavy atom. The summed E-state index contributed by atoms with van der Waals surface area (Å²) in [7, 11) is 0. The number of hydrogen-bond acceptors (Lipinski definition) is 5. The lowest BCUT2D eigenvalue weighted by Gasteiger charge is -2.12. The molecule has 0 aliphatic rings. The minimum absolute atomic E-state index is 0.0696. The third-order valence-corrected chi connectivity index (χ3v) is 5.17. The number of fused-ring (bicyclic) bond motifs is 1. The summed E-state index contributed by atoms with van der Waals surface area (Å²) in [6.45, 7) is 5.85. The Hall–Kier alpha value is -2.87. The lowest BCUT2D eigenvalue weighted by atomic mass is 10.1. The molecule has 0 amide bonds. The maximum atomic E-state index is 12.7. The Kier molecular flexibility index (Phi) is 8.06. The molecule has 3 aromatic rings. The lowest BCUT2D eigenvalue weighted by molar-refractivity contribution is -0.662. The van der Waals surface area contributed by atoms with Crippen LogP contribution < -0.4 is 10.1 Å². The number of benzene rings is 2. The molecule has 1 heterocycles. The quantitative estimate of drug-likeness (QED) is 0.318. The second-order valence-corrected chi connectivity index (χ2v) is 7.43. The number of ether oxygens (including phenoxy) is 2. The number of aliphatic hydroxyl groups is 2. The molecule has 0 fully saturated rings. The van der Waals surface area contributed by atoms with Crippen LogP contribution in [0.3, 0.4) is 0 Å². The average Bonchev–Trinajstić information content (AvgIpc) is 3.04. The van der Waals surface area contributed by atoms with Gasteiger partial charge < -0.3 is 29.6 Å². The van der Waals surface area contributed by atoms with Crippen molar-refractivity contribution in [2.45, 2.75) is 26.5 Å². The van der Waals surface area contributed by atoms with E-state index in [0.29, 0.717) is 37.6 Å². The Balaban J connectivity index is 1.90. The van der Waals surface area contributed by atoms with E-state index in [2.05, 4.69) is 16.7 Å². The predicted molar refractivity (Wildman–Crippen MR) is 118 cm³/mol. The zero-order valence-corrected chi connectivity index (χ0v) is 18.1. The molecule has 31 heavy (non-hydrogen) atoms. The molecule has 0 radical (unpaired) electrons. The Labute approximate surface area is 182 Å². The first kappa shape index (κ1) is 22.8. The predicted octanol–water partition coefficient (Wildman–Crippen LogP) is 1.47. The summed E-state index contributed by atoms with van der Waals surface area (Å²) in [6, 6.07) is 15.7. The fourth-order valence-electron chi connectivity index (χ4n) is 3.64. The Morgan fingerprint density at radius 2 is 1.97 bits per heavy atom. The van der Waals surface area contributed by atoms with Crippen molar-refractivity contribution in [1.82, 2.24) is 4.57 Å². The zero-order valence-electron chi connectivity index (χ0n) is 18.1. The van der Waals surface area contributed by atoms with Crippen molar-refractivity contribution in [3.63, 3.8) is 0 Å². The van der Waals surface area contributed by atoms with E-state index in [1.54, 1.807) is 6.92 Å². The molecule has 0 saturated heterocycles. The number of nitrogens with zero attached hydrogens (tertiary/aromatic N) is 1. The van der Waals surface area contributed by atoms with Crippen molar-refractivity contribution in [3.8, 4) is 5.75 Å². The maximum absolute atomic E-state index is 12.7. The minimum atomic E-state index is -0.656. The summed E-state index contributed by atoms with van der Waals surface area (Å²) in [6.07, 6.45) is -0.656. The first-order valence-corrected chi connectivity index (χ1v) is 10.6. The highest BCUT2D eigenvalue weighted by atomic mass is 16.5. The van der Waals surface area contributed by atoms with Crippen LogP contribution in [0.1, 0.15) is 28.5 Å². The SMILES string of the molecule is CCOC(=O)c1c(C)n(Cc2ccccc2)c2ccc(OC[C@H](O)C[NH2+]CCO)cc12. The van der Waals surface area contributed by atoms with Gasteiger partial charge in [-0.2, -0.15) is 0 Å². The summed E-state index contributed by atoms with van der Waals surface area (Å²) in [5.74, 6) is 0.226. The molecule has 0 unspecified atom stereocenters. The number of aromatic nitrogens is 1. The number of carbonyl (C=O) groups is 1. The van der Waals surface area contributed by atoms with Crippen LogP contribution in [-0.2, 0) is 11.3 Å². The highest BCUT2D eigenvalue weighted by Gasteiger charge is 2.22. The van der Waals surface area contributed by atoms with E-state index in [1.807, 2.05) is 48.6 Å². The van der Waals surface area contributed by atoms with Gasteiger partial charge in [0, 0.05) is 23.1 Å². The third-order valence-electron chi connectivity index (χ3n) is 5.17. The van der Waals surface area contributed by atoms with Gasteiger partial charge in [0.15, 0.2) is 0 Å². The summed E-state index contributed by atoms with van der Waals surface area (Å²) >= 11 is 0. The second kappa shape index (κ2) is 10.9. The molecule has 4 N–H and O–H groups in total. The minimum Gasteiger partial charge on any atom is -0.491 e. The van der Waals surface area contributed by atoms with Gasteiger partial charge >= 0.3 is 5.97 Å². The van der Waals surface area contributed by atoms with Gasteiger partial charge in [-0.1, -0.05) is 30.3 Å². The van der Waals surface area contributed by atoms with E-state index in [9.17, 15) is 9.90 Å². The molecule has 0 aliphatic heterocycles. The van der Waals surface area contributed by atoms with Crippen molar-refractivity contribution in [1.29, 1.82) is 0 Å². The van der Waals surface area contributed by atoms with E-state index in [1.165, 1.54) is 0 Å². The summed E-state index contributed by atoms with van der Waals surface area (Å²) in [5.41, 5.74) is 3.44. The van der Waals surface area contributed by atoms with Crippen LogP contribution in [-0.4, -0.2) is 59.8 Å². The highest BCUT2D eigenvalue weighted by Crippen LogP contribution is 2.31. The first-order valence-electron chi connectivity index (χ1n) is 10.6. The molecular weight excluding hydrogens is 396 g/mol. The van der Waals surface area contributed by atoms with Gasteiger partial charge in [0.05, 0.1) is 25.3 Å². The van der Waals surface area contributed by atoms with Gasteiger partial charge in [-0.25, -0.2) is 4.79 Å². The Bertz CT molecular complexity index is 1000. The van der Waals surface area contributed by atoms with Crippen molar-refractivity contribution in [2.24, 2.45) is 0 Å². The zero-order chi connectivity index (χ0) is 22.2. The number of hydrogen-bond donors (Lipinski definition) is 3. The van der Waals surface area contributed by atoms with Crippen LogP contribution in [0.15, 0.2) is 48.5 Å². The molecule has 0 bridgehead atoms. The number of rotatable bonds is 11. The van der Waals surface area contributed by atoms with Crippen LogP contribution >= 0.6 is 0 Å². The monoisotopic (exact) mass is 427 g/mol. The Morgan fingerprint density at radius 3 is 2.68 bits per heavy atom. The standard InChI is InChI=1S/C24H30N2O5/c1-3-30-24(29)23-17(2)26(15-18-7-5-4-6-8-18)22-10-9-20(13-21(22)23)31-16-19(28)14-25-11-12-27/h4-10,13,19,25,27-28H,3,11-12,14-16H2,1-2H3/p+1/t19-/m1/s1. The van der Waals surface area contributed by atoms with E-state index >= 15 is 0 Å². The van der Waals surface area contributed by atoms with Crippen molar-refractivity contribution in [3.05, 3.63) is 65.4 Å². The largest absolute Gasteiger partial charge is 0.491 e. The molecule has 3 rings (SSSR count). The van der Waals surface area contributed by atoms with Gasteiger partial charge in [0.1, 0.15) is 25.0 Å². The fraction of sp³-hybridized carbons (Fsp3) is 0.375. The van der Waals surface area contributed by atoms with E-state index in [-0.39, 0.29) is 19.2 Å². The molecule has 0 saturated carbocycles. The molecule has 0 spiro atoms. The van der Waals surface area contributed by atoms with Gasteiger partial charge in [0.2, 0.25) is 0 Å². The van der Waals surface area contributed by atoms with Crippen LogP contribution in [0.4, 0.5) is 0 Å². The maximum Gasteiger partial charge on any atom is 0.340 e. The molecule has 1 aromatic heterocycles. The molecule has 7 nitrogen and oxygen atoms in total. The van der Waals surface area contributed by atoms with E-state index in [0.717, 1.165) is 22.2 Å². The number of esters is 1. The number of quaternary nitrogens is 1. The van der Waals surface area contributed by atoms with Crippen LogP contribution in [0.5, 0.6) is 5.75 Å². The lowest BCUT2D eigenvalue weighted by Crippen LogP contribution is -2.87. The normalized spacial score (nSPS) is 12.1. The first-order chi connectivity index (χ1) is 15.0. The fourth-order valence-corrected chi connectivity index (χ4v) is 3.64. The molecule has 166 valence electrons. The van der Waals surface area contributed by atoms with E-state index < -0.39 is 6.10 Å². The van der Waals surface area contributed by atoms with Gasteiger partial charge in [0.25, 0.3) is 0 Å². The van der Waals surface area contributed by atoms with Crippen molar-refractivity contribution in [2.75, 3.05) is 32.9 Å². The smallest absolute Gasteiger partial charge is 0.340 e. The number of carbonyl (C=O) groups excluding carboxylic acids is 1. The van der Waals surface area contributed by atoms with Crippen molar-refractivity contribution >= 4 is 16.9 Å². The molecule has 0 aliphatic carbocycles. The number of aliphatic hydroxyl groups excluding tert-OH is 2. The average molecular weight is 428 g/mol. The molecule has 1 atom stereocenters. The highest BCUT2D eigenvalue weighted by molar-refractivity contribution is 6.06. The topological polar surface area (TPSA) is 97.5 Å². The summed E-state index contributed by atoms with van der Waals surface area (Å²) < 4.78 is 13.2. The molecular formula is C24H31N2O5+. The van der Waals surface area contributed by atoms with Crippen LogP contribution in [0.2, 0.25) is 0 Å². The number of nitrogens with two attached hydrogens (primary N) is 1. The summed E-state index contributed by atoms with van der Waals surface area (Å²) in [4.78, 5) is 12.7. The molecule has 7 heteroatoms. The third kappa shape index (κ3) is 5.64.